The summed E-state index contributed by atoms with van der Waals surface area (Å²) in [5, 5.41) is 3.80. The van der Waals surface area contributed by atoms with Crippen molar-refractivity contribution in [3.63, 3.8) is 0 Å². The molecule has 0 saturated heterocycles. The molecule has 0 aliphatic carbocycles. The summed E-state index contributed by atoms with van der Waals surface area (Å²) in [5.41, 5.74) is 2.97. The van der Waals surface area contributed by atoms with Crippen molar-refractivity contribution in [1.29, 1.82) is 0 Å². The first-order valence-electron chi connectivity index (χ1n) is 9.83. The topological polar surface area (TPSA) is 84.8 Å². The fourth-order valence-electron chi connectivity index (χ4n) is 2.86. The second-order valence-corrected chi connectivity index (χ2v) is 10.6. The van der Waals surface area contributed by atoms with E-state index in [9.17, 15) is 26.4 Å². The molecule has 0 saturated carbocycles. The van der Waals surface area contributed by atoms with Gasteiger partial charge < -0.3 is 4.18 Å². The highest BCUT2D eigenvalue weighted by molar-refractivity contribution is 9.11. The predicted molar refractivity (Wildman–Crippen MR) is 132 cm³/mol. The van der Waals surface area contributed by atoms with Crippen LogP contribution in [0.25, 0.3) is 0 Å². The fourth-order valence-corrected chi connectivity index (χ4v) is 5.42. The number of alkyl halides is 3. The highest BCUT2D eigenvalue weighted by Gasteiger charge is 2.30. The Morgan fingerprint density at radius 1 is 1.06 bits per heavy atom. The minimum atomic E-state index is -4.50. The first-order valence-corrected chi connectivity index (χ1v) is 12.8. The van der Waals surface area contributed by atoms with Gasteiger partial charge in [0.25, 0.3) is 0 Å². The van der Waals surface area contributed by atoms with Crippen molar-refractivity contribution in [2.24, 2.45) is 5.10 Å². The number of halogens is 5. The summed E-state index contributed by atoms with van der Waals surface area (Å²) in [6.45, 7) is 1.83. The molecule has 0 atom stereocenters. The summed E-state index contributed by atoms with van der Waals surface area (Å²) >= 11 is 6.52. The van der Waals surface area contributed by atoms with Crippen molar-refractivity contribution < 1.29 is 30.6 Å². The summed E-state index contributed by atoms with van der Waals surface area (Å²) in [6.07, 6.45) is -3.50. The van der Waals surface area contributed by atoms with E-state index in [1.54, 1.807) is 12.1 Å². The molecule has 0 radical (unpaired) electrons. The lowest BCUT2D eigenvalue weighted by Gasteiger charge is -2.11. The normalized spacial score (nSPS) is 12.1. The van der Waals surface area contributed by atoms with Gasteiger partial charge in [-0.1, -0.05) is 35.9 Å². The molecule has 0 bridgehead atoms. The number of amides is 1. The molecule has 3 aromatic rings. The standard InChI is InChI=1S/C23H17Br2F3N2O4S/c1-14-5-7-18(8-6-14)35(32,33)34-22-19(24)10-16(11-20(22)25)13-29-30-21(31)12-15-3-2-4-17(9-15)23(26,27)28/h2-11,13H,12H2,1H3,(H,30,31)/b29-13-. The highest BCUT2D eigenvalue weighted by Crippen LogP contribution is 2.36. The summed E-state index contributed by atoms with van der Waals surface area (Å²) in [5.74, 6) is -0.584. The van der Waals surface area contributed by atoms with E-state index in [1.807, 2.05) is 6.92 Å². The largest absolute Gasteiger partial charge is 0.416 e. The van der Waals surface area contributed by atoms with E-state index in [0.29, 0.717) is 14.5 Å². The van der Waals surface area contributed by atoms with Crippen LogP contribution in [0, 0.1) is 6.92 Å². The van der Waals surface area contributed by atoms with Crippen LogP contribution in [0.2, 0.25) is 0 Å². The SMILES string of the molecule is Cc1ccc(S(=O)(=O)Oc2c(Br)cc(/C=N\NC(=O)Cc3cccc(C(F)(F)F)c3)cc2Br)cc1. The highest BCUT2D eigenvalue weighted by atomic mass is 79.9. The average molecular weight is 634 g/mol. The van der Waals surface area contributed by atoms with Crippen molar-refractivity contribution in [2.75, 3.05) is 0 Å². The maximum Gasteiger partial charge on any atom is 0.416 e. The molecule has 6 nitrogen and oxygen atoms in total. The van der Waals surface area contributed by atoms with Gasteiger partial charge in [-0.15, -0.1) is 0 Å². The summed E-state index contributed by atoms with van der Waals surface area (Å²) < 4.78 is 69.5. The molecule has 12 heteroatoms. The van der Waals surface area contributed by atoms with Gasteiger partial charge in [-0.2, -0.15) is 26.7 Å². The van der Waals surface area contributed by atoms with Crippen LogP contribution in [0.5, 0.6) is 5.75 Å². The van der Waals surface area contributed by atoms with Crippen molar-refractivity contribution in [3.05, 3.63) is 91.9 Å². The van der Waals surface area contributed by atoms with E-state index in [1.165, 1.54) is 42.6 Å². The minimum absolute atomic E-state index is 0.00368. The number of hydrazone groups is 1. The Bertz CT molecular complexity index is 1350. The zero-order chi connectivity index (χ0) is 25.8. The lowest BCUT2D eigenvalue weighted by Crippen LogP contribution is -2.20. The first-order chi connectivity index (χ1) is 16.3. The molecule has 1 amide bonds. The van der Waals surface area contributed by atoms with E-state index >= 15 is 0 Å². The van der Waals surface area contributed by atoms with Crippen molar-refractivity contribution in [1.82, 2.24) is 5.43 Å². The van der Waals surface area contributed by atoms with Crippen LogP contribution < -0.4 is 9.61 Å². The molecular weight excluding hydrogens is 617 g/mol. The average Bonchev–Trinajstić information content (AvgIpc) is 2.76. The first kappa shape index (κ1) is 26.9. The minimum Gasteiger partial charge on any atom is -0.377 e. The maximum atomic E-state index is 12.8. The van der Waals surface area contributed by atoms with Gasteiger partial charge in [0.1, 0.15) is 4.90 Å². The Labute approximate surface area is 216 Å². The Balaban J connectivity index is 1.67. The third-order valence-electron chi connectivity index (χ3n) is 4.55. The second-order valence-electron chi connectivity index (χ2n) is 7.33. The Kier molecular flexibility index (Phi) is 8.39. The number of rotatable bonds is 7. The third-order valence-corrected chi connectivity index (χ3v) is 6.96. The molecule has 0 aromatic heterocycles. The van der Waals surface area contributed by atoms with E-state index in [4.69, 9.17) is 4.18 Å². The Hall–Kier alpha value is -2.70. The summed E-state index contributed by atoms with van der Waals surface area (Å²) in [4.78, 5) is 12.0. The molecule has 0 aliphatic rings. The van der Waals surface area contributed by atoms with Gasteiger partial charge in [0, 0.05) is 0 Å². The predicted octanol–water partition coefficient (Wildman–Crippen LogP) is 6.00. The van der Waals surface area contributed by atoms with Crippen LogP contribution in [0.15, 0.2) is 79.6 Å². The molecule has 0 aliphatic heterocycles. The summed E-state index contributed by atoms with van der Waals surface area (Å²) in [6, 6.07) is 13.7. The lowest BCUT2D eigenvalue weighted by atomic mass is 10.1. The number of aryl methyl sites for hydroxylation is 1. The van der Waals surface area contributed by atoms with Crippen LogP contribution in [0.4, 0.5) is 13.2 Å². The second kappa shape index (κ2) is 10.9. The number of benzene rings is 3. The molecular formula is C23H17Br2F3N2O4S. The molecule has 0 heterocycles. The van der Waals surface area contributed by atoms with Gasteiger partial charge in [0.05, 0.1) is 27.1 Å². The smallest absolute Gasteiger partial charge is 0.377 e. The van der Waals surface area contributed by atoms with Gasteiger partial charge >= 0.3 is 16.3 Å². The number of nitrogens with one attached hydrogen (secondary N) is 1. The number of nitrogens with zero attached hydrogens (tertiary/aromatic N) is 1. The number of hydrogen-bond acceptors (Lipinski definition) is 5. The maximum absolute atomic E-state index is 12.8. The zero-order valence-electron chi connectivity index (χ0n) is 17.9. The zero-order valence-corrected chi connectivity index (χ0v) is 21.9. The number of carbonyl (C=O) groups excluding carboxylic acids is 1. The molecule has 0 spiro atoms. The van der Waals surface area contributed by atoms with Crippen LogP contribution in [0.1, 0.15) is 22.3 Å². The number of carbonyl (C=O) groups is 1. The lowest BCUT2D eigenvalue weighted by molar-refractivity contribution is -0.137. The van der Waals surface area contributed by atoms with Crippen LogP contribution >= 0.6 is 31.9 Å². The van der Waals surface area contributed by atoms with E-state index in [0.717, 1.165) is 17.7 Å². The summed E-state index contributed by atoms with van der Waals surface area (Å²) in [7, 11) is -4.08. The Morgan fingerprint density at radius 2 is 1.69 bits per heavy atom. The van der Waals surface area contributed by atoms with Gasteiger partial charge in [-0.25, -0.2) is 5.43 Å². The van der Waals surface area contributed by atoms with E-state index < -0.39 is 27.8 Å². The molecule has 35 heavy (non-hydrogen) atoms. The molecule has 3 rings (SSSR count). The molecule has 184 valence electrons. The van der Waals surface area contributed by atoms with E-state index in [-0.39, 0.29) is 22.6 Å². The van der Waals surface area contributed by atoms with Crippen LogP contribution in [-0.4, -0.2) is 20.5 Å². The number of hydrogen-bond donors (Lipinski definition) is 1. The van der Waals surface area contributed by atoms with Gasteiger partial charge in [0.15, 0.2) is 5.75 Å². The van der Waals surface area contributed by atoms with Gasteiger partial charge in [-0.3, -0.25) is 4.79 Å². The molecule has 0 fully saturated rings. The molecule has 0 unspecified atom stereocenters. The van der Waals surface area contributed by atoms with E-state index in [2.05, 4.69) is 42.4 Å². The van der Waals surface area contributed by atoms with Crippen LogP contribution in [-0.2, 0) is 27.5 Å². The third kappa shape index (κ3) is 7.39. The quantitative estimate of drug-likeness (QED) is 0.197. The molecule has 1 N–H and O–H groups in total. The Morgan fingerprint density at radius 3 is 2.29 bits per heavy atom. The van der Waals surface area contributed by atoms with Crippen molar-refractivity contribution >= 4 is 54.1 Å². The molecule has 3 aromatic carbocycles. The fraction of sp³-hybridized carbons (Fsp3) is 0.130. The van der Waals surface area contributed by atoms with Gasteiger partial charge in [0.2, 0.25) is 5.91 Å². The van der Waals surface area contributed by atoms with Crippen molar-refractivity contribution in [2.45, 2.75) is 24.4 Å². The van der Waals surface area contributed by atoms with Crippen molar-refractivity contribution in [3.8, 4) is 5.75 Å². The van der Waals surface area contributed by atoms with Crippen LogP contribution in [0.3, 0.4) is 0 Å². The van der Waals surface area contributed by atoms with Gasteiger partial charge in [-0.05, 0) is 80.2 Å². The monoisotopic (exact) mass is 632 g/mol.